The van der Waals surface area contributed by atoms with Crippen LogP contribution in [0.3, 0.4) is 0 Å². The van der Waals surface area contributed by atoms with Crippen molar-refractivity contribution in [3.8, 4) is 11.1 Å². The average Bonchev–Trinajstić information content (AvgIpc) is 3.30. The Kier molecular flexibility index (Phi) is 4.39. The van der Waals surface area contributed by atoms with Crippen LogP contribution in [-0.2, 0) is 13.6 Å². The van der Waals surface area contributed by atoms with Crippen LogP contribution in [0.2, 0.25) is 0 Å². The van der Waals surface area contributed by atoms with Gasteiger partial charge in [-0.2, -0.15) is 4.98 Å². The number of anilines is 1. The molecule has 2 fully saturated rings. The molecule has 1 aliphatic heterocycles. The average molecular weight is 466 g/mol. The maximum Gasteiger partial charge on any atom is 0.280 e. The summed E-state index contributed by atoms with van der Waals surface area (Å²) in [5.74, 6) is 2.53. The monoisotopic (exact) mass is 465 g/mol. The van der Waals surface area contributed by atoms with E-state index in [1.807, 2.05) is 6.07 Å². The molecule has 0 radical (unpaired) electrons. The lowest BCUT2D eigenvalue weighted by atomic mass is 10.0. The minimum Gasteiger partial charge on any atom is -0.371 e. The van der Waals surface area contributed by atoms with Gasteiger partial charge in [0, 0.05) is 31.7 Å². The molecule has 5 aromatic rings. The van der Waals surface area contributed by atoms with Gasteiger partial charge in [0.2, 0.25) is 5.89 Å². The fourth-order valence-electron chi connectivity index (χ4n) is 5.43. The minimum atomic E-state index is -0.175. The van der Waals surface area contributed by atoms with Gasteiger partial charge in [-0.25, -0.2) is 9.97 Å². The van der Waals surface area contributed by atoms with Gasteiger partial charge in [0.05, 0.1) is 6.33 Å². The zero-order valence-electron chi connectivity index (χ0n) is 19.2. The van der Waals surface area contributed by atoms with Crippen LogP contribution in [-0.4, -0.2) is 42.3 Å². The van der Waals surface area contributed by atoms with E-state index in [0.717, 1.165) is 18.9 Å². The van der Waals surface area contributed by atoms with Crippen LogP contribution in [0.25, 0.3) is 22.3 Å². The second-order valence-corrected chi connectivity index (χ2v) is 9.43. The molecule has 35 heavy (non-hydrogen) atoms. The van der Waals surface area contributed by atoms with Crippen molar-refractivity contribution in [2.75, 3.05) is 18.0 Å². The predicted octanol–water partition coefficient (Wildman–Crippen LogP) is 3.08. The summed E-state index contributed by atoms with van der Waals surface area (Å²) in [5, 5.41) is 4.25. The predicted molar refractivity (Wildman–Crippen MR) is 130 cm³/mol. The van der Waals surface area contributed by atoms with Gasteiger partial charge in [-0.05, 0) is 35.1 Å². The number of aryl methyl sites for hydroxylation is 1. The zero-order chi connectivity index (χ0) is 23.5. The van der Waals surface area contributed by atoms with Gasteiger partial charge < -0.3 is 14.0 Å². The molecule has 7 rings (SSSR count). The molecular weight excluding hydrogens is 442 g/mol. The van der Waals surface area contributed by atoms with E-state index >= 15 is 0 Å². The summed E-state index contributed by atoms with van der Waals surface area (Å²) in [6, 6.07) is 19.2. The quantitative estimate of drug-likeness (QED) is 0.394. The molecule has 4 heterocycles. The minimum absolute atomic E-state index is 0.175. The topological polar surface area (TPSA) is 94.9 Å². The van der Waals surface area contributed by atoms with E-state index in [1.165, 1.54) is 27.7 Å². The van der Waals surface area contributed by atoms with Crippen molar-refractivity contribution in [3.63, 3.8) is 0 Å². The van der Waals surface area contributed by atoms with Crippen LogP contribution < -0.4 is 10.5 Å². The van der Waals surface area contributed by atoms with E-state index in [9.17, 15) is 4.79 Å². The van der Waals surface area contributed by atoms with Gasteiger partial charge in [0.25, 0.3) is 5.56 Å². The Bertz CT molecular complexity index is 1590. The Morgan fingerprint density at radius 3 is 2.57 bits per heavy atom. The van der Waals surface area contributed by atoms with Gasteiger partial charge >= 0.3 is 0 Å². The summed E-state index contributed by atoms with van der Waals surface area (Å²) >= 11 is 0. The number of fused-ring (bicyclic) bond motifs is 2. The molecular formula is C26H23N7O2. The number of hydrogen-bond donors (Lipinski definition) is 0. The van der Waals surface area contributed by atoms with E-state index in [4.69, 9.17) is 4.52 Å². The van der Waals surface area contributed by atoms with Crippen LogP contribution >= 0.6 is 0 Å². The molecule has 9 nitrogen and oxygen atoms in total. The maximum absolute atomic E-state index is 12.8. The molecule has 3 atom stereocenters. The third kappa shape index (κ3) is 3.34. The van der Waals surface area contributed by atoms with Crippen molar-refractivity contribution in [1.29, 1.82) is 0 Å². The number of aromatic nitrogens is 6. The Labute approximate surface area is 200 Å². The Morgan fingerprint density at radius 1 is 0.971 bits per heavy atom. The van der Waals surface area contributed by atoms with Crippen molar-refractivity contribution in [1.82, 2.24) is 29.2 Å². The fourth-order valence-corrected chi connectivity index (χ4v) is 5.43. The van der Waals surface area contributed by atoms with Crippen LogP contribution in [0, 0.1) is 11.8 Å². The van der Waals surface area contributed by atoms with E-state index in [0.29, 0.717) is 34.8 Å². The third-order valence-corrected chi connectivity index (χ3v) is 7.30. The summed E-state index contributed by atoms with van der Waals surface area (Å²) < 4.78 is 8.66. The first-order chi connectivity index (χ1) is 17.2. The van der Waals surface area contributed by atoms with Crippen LogP contribution in [0.1, 0.15) is 17.6 Å². The number of piperidine rings is 1. The number of hydrogen-bond acceptors (Lipinski definition) is 7. The molecule has 2 aromatic carbocycles. The molecule has 2 aliphatic rings. The van der Waals surface area contributed by atoms with Gasteiger partial charge in [0.15, 0.2) is 17.0 Å². The van der Waals surface area contributed by atoms with E-state index in [1.54, 1.807) is 17.9 Å². The summed E-state index contributed by atoms with van der Waals surface area (Å²) in [7, 11) is 1.78. The number of nitrogens with zero attached hydrogens (tertiary/aromatic N) is 7. The number of benzene rings is 2. The normalized spacial score (nSPS) is 20.9. The third-order valence-electron chi connectivity index (χ3n) is 7.30. The largest absolute Gasteiger partial charge is 0.371 e. The second kappa shape index (κ2) is 7.63. The number of imidazole rings is 1. The van der Waals surface area contributed by atoms with Crippen LogP contribution in [0.5, 0.6) is 0 Å². The lowest BCUT2D eigenvalue weighted by molar-refractivity contribution is 0.363. The molecule has 1 saturated carbocycles. The summed E-state index contributed by atoms with van der Waals surface area (Å²) in [6.07, 6.45) is 3.07. The smallest absolute Gasteiger partial charge is 0.280 e. The molecule has 1 saturated heterocycles. The van der Waals surface area contributed by atoms with Crippen molar-refractivity contribution in [2.45, 2.75) is 12.5 Å². The lowest BCUT2D eigenvalue weighted by Gasteiger charge is -2.22. The van der Waals surface area contributed by atoms with Crippen molar-refractivity contribution >= 4 is 16.9 Å². The van der Waals surface area contributed by atoms with Crippen molar-refractivity contribution in [2.24, 2.45) is 18.9 Å². The van der Waals surface area contributed by atoms with E-state index in [2.05, 4.69) is 73.5 Å². The standard InChI is InChI=1S/C26H23N7O2/c1-31-14-27-25-23(31)26(34)33(15-28-25)13-21-29-24(30-35-21)22-19-11-32(12-20(19)22)18-9-5-8-17(10-18)16-6-3-2-4-7-16/h2-10,14-15,19-20,22H,11-13H2,1H3/t19-,20?,22?/m0/s1. The van der Waals surface area contributed by atoms with Crippen molar-refractivity contribution in [3.05, 3.63) is 89.3 Å². The second-order valence-electron chi connectivity index (χ2n) is 9.43. The van der Waals surface area contributed by atoms with Crippen molar-refractivity contribution < 1.29 is 4.52 Å². The highest BCUT2D eigenvalue weighted by molar-refractivity contribution is 5.69. The fraction of sp³-hybridized carbons (Fsp3) is 0.269. The first-order valence-corrected chi connectivity index (χ1v) is 11.7. The van der Waals surface area contributed by atoms with Gasteiger partial charge in [-0.15, -0.1) is 0 Å². The summed E-state index contributed by atoms with van der Waals surface area (Å²) in [4.78, 5) is 28.2. The SMILES string of the molecule is Cn1cnc2ncn(Cc3nc(C4C5CN(c6cccc(-c7ccccc7)c6)C[C@@H]54)no3)c(=O)c21. The zero-order valence-corrected chi connectivity index (χ0v) is 19.2. The van der Waals surface area contributed by atoms with Crippen LogP contribution in [0.15, 0.2) is 76.6 Å². The molecule has 9 heteroatoms. The summed E-state index contributed by atoms with van der Waals surface area (Å²) in [6.45, 7) is 2.16. The highest BCUT2D eigenvalue weighted by atomic mass is 16.5. The first-order valence-electron chi connectivity index (χ1n) is 11.7. The molecule has 3 aromatic heterocycles. The number of rotatable bonds is 5. The highest BCUT2D eigenvalue weighted by Gasteiger charge is 2.58. The molecule has 0 N–H and O–H groups in total. The van der Waals surface area contributed by atoms with Crippen LogP contribution in [0.4, 0.5) is 5.69 Å². The first kappa shape index (κ1) is 20.1. The Morgan fingerprint density at radius 2 is 1.74 bits per heavy atom. The maximum atomic E-state index is 12.8. The molecule has 0 bridgehead atoms. The van der Waals surface area contributed by atoms with E-state index in [-0.39, 0.29) is 12.1 Å². The highest BCUT2D eigenvalue weighted by Crippen LogP contribution is 2.58. The molecule has 1 aliphatic carbocycles. The Balaban J connectivity index is 1.05. The molecule has 2 unspecified atom stereocenters. The molecule has 0 amide bonds. The van der Waals surface area contributed by atoms with Gasteiger partial charge in [-0.3, -0.25) is 9.36 Å². The van der Waals surface area contributed by atoms with E-state index < -0.39 is 0 Å². The molecule has 174 valence electrons. The van der Waals surface area contributed by atoms with Gasteiger partial charge in [0.1, 0.15) is 12.9 Å². The Hall–Kier alpha value is -4.27. The summed E-state index contributed by atoms with van der Waals surface area (Å²) in [5.41, 5.74) is 4.44. The van der Waals surface area contributed by atoms with Gasteiger partial charge in [-0.1, -0.05) is 47.6 Å². The molecule has 0 spiro atoms. The lowest BCUT2D eigenvalue weighted by Crippen LogP contribution is -2.24.